The summed E-state index contributed by atoms with van der Waals surface area (Å²) < 4.78 is 5.90. The van der Waals surface area contributed by atoms with Crippen molar-refractivity contribution in [3.63, 3.8) is 0 Å². The Morgan fingerprint density at radius 2 is 1.29 bits per heavy atom. The molecule has 3 aromatic carbocycles. The average molecular weight is 469 g/mol. The monoisotopic (exact) mass is 468 g/mol. The molecular weight excluding hydrogens is 440 g/mol. The molecule has 1 fully saturated rings. The average Bonchev–Trinajstić information content (AvgIpc) is 3.39. The van der Waals surface area contributed by atoms with Crippen LogP contribution in [-0.4, -0.2) is 51.3 Å². The Morgan fingerprint density at radius 3 is 1.83 bits per heavy atom. The van der Waals surface area contributed by atoms with Crippen LogP contribution in [0.1, 0.15) is 12.8 Å². The van der Waals surface area contributed by atoms with Crippen LogP contribution in [0.2, 0.25) is 0 Å². The van der Waals surface area contributed by atoms with Crippen molar-refractivity contribution in [2.75, 3.05) is 31.6 Å². The van der Waals surface area contributed by atoms with Crippen LogP contribution in [0, 0.1) is 0 Å². The minimum absolute atomic E-state index is 0.197. The van der Waals surface area contributed by atoms with Crippen molar-refractivity contribution in [3.05, 3.63) is 78.9 Å². The molecule has 35 heavy (non-hydrogen) atoms. The maximum absolute atomic E-state index is 9.66. The number of anilines is 2. The van der Waals surface area contributed by atoms with Crippen LogP contribution in [-0.2, 0) is 0 Å². The van der Waals surface area contributed by atoms with E-state index in [9.17, 15) is 10.2 Å². The minimum atomic E-state index is 0.197. The number of phenols is 2. The molecular formula is C28H28N4O3. The second kappa shape index (κ2) is 10.4. The summed E-state index contributed by atoms with van der Waals surface area (Å²) >= 11 is 0. The lowest BCUT2D eigenvalue weighted by Gasteiger charge is -2.15. The van der Waals surface area contributed by atoms with Gasteiger partial charge in [0.05, 0.1) is 11.4 Å². The predicted octanol–water partition coefficient (Wildman–Crippen LogP) is 5.44. The van der Waals surface area contributed by atoms with Crippen LogP contribution in [0.5, 0.6) is 17.2 Å². The number of nitrogens with zero attached hydrogens (tertiary/aromatic N) is 3. The highest BCUT2D eigenvalue weighted by atomic mass is 16.5. The van der Waals surface area contributed by atoms with Gasteiger partial charge in [-0.3, -0.25) is 4.90 Å². The first-order valence-electron chi connectivity index (χ1n) is 11.8. The lowest BCUT2D eigenvalue weighted by Crippen LogP contribution is -2.25. The van der Waals surface area contributed by atoms with Gasteiger partial charge in [-0.2, -0.15) is 0 Å². The number of phenolic OH excluding ortho intramolecular Hbond substituents is 2. The first kappa shape index (κ1) is 22.7. The lowest BCUT2D eigenvalue weighted by atomic mass is 10.1. The number of aromatic nitrogens is 2. The van der Waals surface area contributed by atoms with E-state index in [2.05, 4.69) is 10.2 Å². The van der Waals surface area contributed by atoms with Crippen molar-refractivity contribution < 1.29 is 14.9 Å². The molecule has 0 amide bonds. The third kappa shape index (κ3) is 5.88. The number of nitrogens with one attached hydrogen (secondary N) is 1. The molecule has 0 saturated carbocycles. The summed E-state index contributed by atoms with van der Waals surface area (Å²) in [6, 6.07) is 23.5. The normalized spacial score (nSPS) is 13.6. The molecule has 1 aliphatic heterocycles. The van der Waals surface area contributed by atoms with Gasteiger partial charge < -0.3 is 20.3 Å². The van der Waals surface area contributed by atoms with Crippen molar-refractivity contribution in [1.82, 2.24) is 14.9 Å². The first-order valence-corrected chi connectivity index (χ1v) is 11.8. The van der Waals surface area contributed by atoms with Crippen molar-refractivity contribution in [1.29, 1.82) is 0 Å². The van der Waals surface area contributed by atoms with E-state index in [1.807, 2.05) is 54.6 Å². The highest BCUT2D eigenvalue weighted by molar-refractivity contribution is 5.71. The molecule has 7 nitrogen and oxygen atoms in total. The van der Waals surface area contributed by atoms with E-state index in [-0.39, 0.29) is 11.5 Å². The number of ether oxygens (including phenoxy) is 1. The zero-order valence-electron chi connectivity index (χ0n) is 19.4. The molecule has 0 bridgehead atoms. The van der Waals surface area contributed by atoms with Gasteiger partial charge in [0.1, 0.15) is 23.9 Å². The Balaban J connectivity index is 1.35. The van der Waals surface area contributed by atoms with E-state index in [0.717, 1.165) is 29.1 Å². The molecule has 5 rings (SSSR count). The van der Waals surface area contributed by atoms with E-state index >= 15 is 0 Å². The smallest absolute Gasteiger partial charge is 0.228 e. The molecule has 178 valence electrons. The summed E-state index contributed by atoms with van der Waals surface area (Å²) in [6.45, 7) is 3.97. The number of hydrogen-bond acceptors (Lipinski definition) is 7. The summed E-state index contributed by atoms with van der Waals surface area (Å²) in [5, 5.41) is 22.6. The molecule has 3 N–H and O–H groups in total. The highest BCUT2D eigenvalue weighted by Gasteiger charge is 2.12. The fraction of sp³-hybridized carbons (Fsp3) is 0.214. The van der Waals surface area contributed by atoms with E-state index in [4.69, 9.17) is 14.7 Å². The van der Waals surface area contributed by atoms with Crippen LogP contribution < -0.4 is 10.1 Å². The van der Waals surface area contributed by atoms with Crippen LogP contribution >= 0.6 is 0 Å². The molecule has 7 heteroatoms. The van der Waals surface area contributed by atoms with E-state index in [0.29, 0.717) is 23.9 Å². The summed E-state index contributed by atoms with van der Waals surface area (Å²) in [5.74, 6) is 1.67. The number of aromatic hydroxyl groups is 2. The van der Waals surface area contributed by atoms with Crippen molar-refractivity contribution in [2.45, 2.75) is 12.8 Å². The second-order valence-electron chi connectivity index (χ2n) is 8.60. The van der Waals surface area contributed by atoms with Crippen LogP contribution in [0.15, 0.2) is 78.9 Å². The fourth-order valence-electron chi connectivity index (χ4n) is 4.13. The number of likely N-dealkylation sites (tertiary alicyclic amines) is 1. The van der Waals surface area contributed by atoms with Crippen LogP contribution in [0.25, 0.3) is 22.5 Å². The van der Waals surface area contributed by atoms with Crippen molar-refractivity contribution in [2.24, 2.45) is 0 Å². The Hall–Kier alpha value is -4.10. The molecule has 1 saturated heterocycles. The van der Waals surface area contributed by atoms with Gasteiger partial charge in [0.25, 0.3) is 0 Å². The SMILES string of the molecule is Oc1ccc(-c2cc(-c3ccc(O)cc3)nc(Nc3ccc(OCCN4CCCC4)cc3)n2)cc1. The first-order chi connectivity index (χ1) is 17.1. The van der Waals surface area contributed by atoms with Gasteiger partial charge >= 0.3 is 0 Å². The maximum Gasteiger partial charge on any atom is 0.228 e. The summed E-state index contributed by atoms with van der Waals surface area (Å²) in [5.41, 5.74) is 3.99. The molecule has 0 spiro atoms. The fourth-order valence-corrected chi connectivity index (χ4v) is 4.13. The Labute approximate surface area is 204 Å². The quantitative estimate of drug-likeness (QED) is 0.317. The zero-order chi connectivity index (χ0) is 24.0. The number of benzene rings is 3. The number of hydrogen-bond donors (Lipinski definition) is 3. The lowest BCUT2D eigenvalue weighted by molar-refractivity contribution is 0.238. The van der Waals surface area contributed by atoms with Gasteiger partial charge in [-0.1, -0.05) is 0 Å². The van der Waals surface area contributed by atoms with Crippen LogP contribution in [0.3, 0.4) is 0 Å². The molecule has 0 unspecified atom stereocenters. The van der Waals surface area contributed by atoms with Gasteiger partial charge in [0.2, 0.25) is 5.95 Å². The Morgan fingerprint density at radius 1 is 0.743 bits per heavy atom. The van der Waals surface area contributed by atoms with Gasteiger partial charge in [0, 0.05) is 23.4 Å². The Bertz CT molecular complexity index is 1190. The largest absolute Gasteiger partial charge is 0.508 e. The van der Waals surface area contributed by atoms with E-state index in [1.165, 1.54) is 25.9 Å². The molecule has 0 aliphatic carbocycles. The molecule has 1 aromatic heterocycles. The molecule has 2 heterocycles. The maximum atomic E-state index is 9.66. The Kier molecular flexibility index (Phi) is 6.77. The van der Waals surface area contributed by atoms with Gasteiger partial charge in [-0.05, 0) is 105 Å². The third-order valence-electron chi connectivity index (χ3n) is 6.04. The molecule has 0 atom stereocenters. The predicted molar refractivity (Wildman–Crippen MR) is 137 cm³/mol. The van der Waals surface area contributed by atoms with Crippen LogP contribution in [0.4, 0.5) is 11.6 Å². The minimum Gasteiger partial charge on any atom is -0.508 e. The molecule has 1 aliphatic rings. The second-order valence-corrected chi connectivity index (χ2v) is 8.60. The van der Waals surface area contributed by atoms with Gasteiger partial charge in [0.15, 0.2) is 0 Å². The topological polar surface area (TPSA) is 90.7 Å². The van der Waals surface area contributed by atoms with E-state index in [1.54, 1.807) is 24.3 Å². The summed E-state index contributed by atoms with van der Waals surface area (Å²) in [4.78, 5) is 11.8. The molecule has 4 aromatic rings. The molecule has 0 radical (unpaired) electrons. The summed E-state index contributed by atoms with van der Waals surface area (Å²) in [6.07, 6.45) is 2.57. The summed E-state index contributed by atoms with van der Waals surface area (Å²) in [7, 11) is 0. The highest BCUT2D eigenvalue weighted by Crippen LogP contribution is 2.28. The zero-order valence-corrected chi connectivity index (χ0v) is 19.4. The number of rotatable bonds is 8. The van der Waals surface area contributed by atoms with Gasteiger partial charge in [-0.15, -0.1) is 0 Å². The van der Waals surface area contributed by atoms with Crippen molar-refractivity contribution in [3.8, 4) is 39.8 Å². The van der Waals surface area contributed by atoms with Gasteiger partial charge in [-0.25, -0.2) is 9.97 Å². The van der Waals surface area contributed by atoms with Crippen molar-refractivity contribution >= 4 is 11.6 Å². The standard InChI is InChI=1S/C28H28N4O3/c33-23-9-3-20(4-10-23)26-19-27(21-5-11-24(34)12-6-21)31-28(30-26)29-22-7-13-25(14-8-22)35-18-17-32-15-1-2-16-32/h3-14,19,33-34H,1-2,15-18H2,(H,29,30,31). The van der Waals surface area contributed by atoms with E-state index < -0.39 is 0 Å². The third-order valence-corrected chi connectivity index (χ3v) is 6.04.